The van der Waals surface area contributed by atoms with Gasteiger partial charge < -0.3 is 19.4 Å². The number of carbonyl (C=O) groups excluding carboxylic acids is 4. The van der Waals surface area contributed by atoms with E-state index in [4.69, 9.17) is 4.74 Å². The first-order chi connectivity index (χ1) is 10.8. The van der Waals surface area contributed by atoms with Crippen molar-refractivity contribution in [1.29, 1.82) is 0 Å². The van der Waals surface area contributed by atoms with Gasteiger partial charge in [0.05, 0.1) is 40.9 Å². The number of esters is 2. The molecule has 2 rings (SSSR count). The third-order valence-corrected chi connectivity index (χ3v) is 4.82. The Bertz CT molecular complexity index is 698. The van der Waals surface area contributed by atoms with Crippen molar-refractivity contribution >= 4 is 34.6 Å². The molecular formula is C13H12NNaO8S. The van der Waals surface area contributed by atoms with Crippen molar-refractivity contribution < 1.29 is 67.5 Å². The van der Waals surface area contributed by atoms with Crippen molar-refractivity contribution in [3.05, 3.63) is 22.9 Å². The maximum atomic E-state index is 12.2. The molecule has 24 heavy (non-hydrogen) atoms. The molecule has 0 aromatic rings. The SMILES string of the molecule is COC(=O)/C=C1/C(=O)N2C(C(=O)[O-])=C(COC(C)=O)CS(=O)[C@H]12.[Na+]. The predicted octanol–water partition coefficient (Wildman–Crippen LogP) is -5.41. The van der Waals surface area contributed by atoms with Gasteiger partial charge in [0.1, 0.15) is 12.0 Å². The number of methoxy groups -OCH3 is 1. The molecule has 0 radical (unpaired) electrons. The monoisotopic (exact) mass is 365 g/mol. The van der Waals surface area contributed by atoms with E-state index in [0.29, 0.717) is 0 Å². The van der Waals surface area contributed by atoms with Gasteiger partial charge in [-0.05, 0) is 0 Å². The molecule has 0 saturated carbocycles. The van der Waals surface area contributed by atoms with Crippen LogP contribution >= 0.6 is 0 Å². The van der Waals surface area contributed by atoms with Gasteiger partial charge in [0.2, 0.25) is 0 Å². The molecule has 1 saturated heterocycles. The molecule has 0 aliphatic carbocycles. The molecule has 0 bridgehead atoms. The molecule has 2 aliphatic rings. The third kappa shape index (κ3) is 3.77. The number of aliphatic carboxylic acids is 1. The summed E-state index contributed by atoms with van der Waals surface area (Å²) in [5.41, 5.74) is -0.566. The first-order valence-corrected chi connectivity index (χ1v) is 7.73. The first-order valence-electron chi connectivity index (χ1n) is 6.35. The zero-order valence-corrected chi connectivity index (χ0v) is 16.0. The van der Waals surface area contributed by atoms with Gasteiger partial charge in [-0.15, -0.1) is 0 Å². The summed E-state index contributed by atoms with van der Waals surface area (Å²) < 4.78 is 21.4. The van der Waals surface area contributed by atoms with E-state index in [1.165, 1.54) is 0 Å². The fourth-order valence-corrected chi connectivity index (χ4v) is 3.86. The zero-order valence-electron chi connectivity index (χ0n) is 13.2. The van der Waals surface area contributed by atoms with Crippen LogP contribution in [0.2, 0.25) is 0 Å². The topological polar surface area (TPSA) is 130 Å². The van der Waals surface area contributed by atoms with Crippen molar-refractivity contribution in [2.45, 2.75) is 12.3 Å². The molecule has 2 atom stereocenters. The number of rotatable bonds is 4. The second-order valence-corrected chi connectivity index (χ2v) is 6.19. The summed E-state index contributed by atoms with van der Waals surface area (Å²) in [4.78, 5) is 46.3. The summed E-state index contributed by atoms with van der Waals surface area (Å²) >= 11 is 0. The molecule has 1 amide bonds. The molecule has 0 N–H and O–H groups in total. The van der Waals surface area contributed by atoms with Gasteiger partial charge >= 0.3 is 41.5 Å². The van der Waals surface area contributed by atoms with Gasteiger partial charge in [0.25, 0.3) is 5.91 Å². The number of hydrogen-bond acceptors (Lipinski definition) is 8. The van der Waals surface area contributed by atoms with Crippen LogP contribution in [0.1, 0.15) is 6.92 Å². The van der Waals surface area contributed by atoms with E-state index >= 15 is 0 Å². The molecule has 0 aromatic carbocycles. The molecule has 9 nitrogen and oxygen atoms in total. The summed E-state index contributed by atoms with van der Waals surface area (Å²) in [6.07, 6.45) is 0.880. The largest absolute Gasteiger partial charge is 1.00 e. The maximum absolute atomic E-state index is 12.2. The number of carboxylic acids is 1. The summed E-state index contributed by atoms with van der Waals surface area (Å²) in [6.45, 7) is 0.727. The molecule has 1 fully saturated rings. The number of ether oxygens (including phenoxy) is 2. The van der Waals surface area contributed by atoms with Crippen LogP contribution in [-0.4, -0.2) is 57.8 Å². The van der Waals surface area contributed by atoms with Crippen molar-refractivity contribution in [3.63, 3.8) is 0 Å². The van der Waals surface area contributed by atoms with E-state index < -0.39 is 52.3 Å². The number of fused-ring (bicyclic) bond motifs is 1. The van der Waals surface area contributed by atoms with E-state index in [1.54, 1.807) is 0 Å². The minimum absolute atomic E-state index is 0. The van der Waals surface area contributed by atoms with Crippen molar-refractivity contribution in [1.82, 2.24) is 4.90 Å². The Morgan fingerprint density at radius 3 is 2.54 bits per heavy atom. The second kappa shape index (κ2) is 8.06. The van der Waals surface area contributed by atoms with Gasteiger partial charge in [-0.1, -0.05) is 0 Å². The third-order valence-electron chi connectivity index (χ3n) is 3.23. The number of carbonyl (C=O) groups is 4. The van der Waals surface area contributed by atoms with Gasteiger partial charge in [0.15, 0.2) is 0 Å². The number of amides is 1. The quantitative estimate of drug-likeness (QED) is 0.209. The van der Waals surface area contributed by atoms with E-state index in [2.05, 4.69) is 4.74 Å². The fourth-order valence-electron chi connectivity index (χ4n) is 2.25. The van der Waals surface area contributed by atoms with Crippen LogP contribution in [0.15, 0.2) is 22.9 Å². The normalized spacial score (nSPS) is 23.8. The Balaban J connectivity index is 0.00000288. The fraction of sp³-hybridized carbons (Fsp3) is 0.385. The van der Waals surface area contributed by atoms with Crippen LogP contribution in [0, 0.1) is 0 Å². The Morgan fingerprint density at radius 2 is 2.04 bits per heavy atom. The van der Waals surface area contributed by atoms with Gasteiger partial charge in [-0.25, -0.2) is 4.79 Å². The van der Waals surface area contributed by atoms with Gasteiger partial charge in [-0.2, -0.15) is 0 Å². The molecule has 0 spiro atoms. The smallest absolute Gasteiger partial charge is 0.543 e. The minimum Gasteiger partial charge on any atom is -0.543 e. The zero-order chi connectivity index (χ0) is 17.3. The number of nitrogens with zero attached hydrogens (tertiary/aromatic N) is 1. The Hall–Kier alpha value is -1.49. The van der Waals surface area contributed by atoms with Crippen LogP contribution in [0.4, 0.5) is 0 Å². The average molecular weight is 365 g/mol. The van der Waals surface area contributed by atoms with E-state index in [0.717, 1.165) is 25.0 Å². The molecule has 1 unspecified atom stereocenters. The molecule has 11 heteroatoms. The molecule has 124 valence electrons. The number of carboxylic acid groups (broad SMARTS) is 1. The minimum atomic E-state index is -1.69. The summed E-state index contributed by atoms with van der Waals surface area (Å²) in [7, 11) is -0.578. The van der Waals surface area contributed by atoms with E-state index in [-0.39, 0.29) is 46.5 Å². The Kier molecular flexibility index (Phi) is 6.90. The number of β-lactam (4-membered cyclic amide) rings is 1. The van der Waals surface area contributed by atoms with Gasteiger partial charge in [0, 0.05) is 18.6 Å². The average Bonchev–Trinajstić information content (AvgIpc) is 2.49. The standard InChI is InChI=1S/C13H13NO8S.Na/c1-6(15)22-4-7-5-23(20)12-8(3-9(16)21-2)11(17)14(12)10(7)13(18)19;/h3,12H,4-5H2,1-2H3,(H,18,19);/q;+1/p-1/b8-3-;/t12-,23?;/m1./s1. The van der Waals surface area contributed by atoms with Crippen LogP contribution in [0.25, 0.3) is 0 Å². The summed E-state index contributed by atoms with van der Waals surface area (Å²) in [5, 5.41) is 10.3. The first kappa shape index (κ1) is 20.6. The van der Waals surface area contributed by atoms with Crippen LogP contribution in [0.5, 0.6) is 0 Å². The second-order valence-electron chi connectivity index (χ2n) is 4.70. The molecule has 2 heterocycles. The predicted molar refractivity (Wildman–Crippen MR) is 72.4 cm³/mol. The van der Waals surface area contributed by atoms with Crippen molar-refractivity contribution in [3.8, 4) is 0 Å². The summed E-state index contributed by atoms with van der Waals surface area (Å²) in [5.74, 6) is -4.12. The Morgan fingerprint density at radius 1 is 1.42 bits per heavy atom. The van der Waals surface area contributed by atoms with Crippen LogP contribution < -0.4 is 34.7 Å². The van der Waals surface area contributed by atoms with Crippen molar-refractivity contribution in [2.75, 3.05) is 19.5 Å². The Labute approximate surface area is 161 Å². The van der Waals surface area contributed by atoms with Crippen molar-refractivity contribution in [2.24, 2.45) is 0 Å². The molecular weight excluding hydrogens is 353 g/mol. The van der Waals surface area contributed by atoms with Crippen LogP contribution in [-0.2, 0) is 39.5 Å². The molecule has 2 aliphatic heterocycles. The maximum Gasteiger partial charge on any atom is 1.00 e. The summed E-state index contributed by atoms with van der Waals surface area (Å²) in [6, 6.07) is 0. The van der Waals surface area contributed by atoms with E-state index in [9.17, 15) is 28.5 Å². The van der Waals surface area contributed by atoms with E-state index in [1.807, 2.05) is 0 Å². The molecule has 0 aromatic heterocycles. The van der Waals surface area contributed by atoms with Gasteiger partial charge in [-0.3, -0.25) is 18.7 Å². The number of hydrogen-bond donors (Lipinski definition) is 0. The van der Waals surface area contributed by atoms with Crippen LogP contribution in [0.3, 0.4) is 0 Å².